The maximum absolute atomic E-state index is 9.27. The normalized spacial score (nSPS) is 14.5. The van der Waals surface area contributed by atoms with Gasteiger partial charge in [0.25, 0.3) is 0 Å². The molecule has 0 atom stereocenters. The zero-order valence-corrected chi connectivity index (χ0v) is 16.1. The van der Waals surface area contributed by atoms with Crippen molar-refractivity contribution >= 4 is 34.8 Å². The van der Waals surface area contributed by atoms with E-state index in [4.69, 9.17) is 39.5 Å². The quantitative estimate of drug-likeness (QED) is 0.506. The average Bonchev–Trinajstić information content (AvgIpc) is 2.69. The lowest BCUT2D eigenvalue weighted by Crippen LogP contribution is -2.04. The van der Waals surface area contributed by atoms with Crippen molar-refractivity contribution < 1.29 is 4.74 Å². The SMILES string of the molecule is N#Cc1c(Cl)c(Cl)c(Oc2ccc(C3CCCCC3)cc2)c(Cl)c1C#N. The fraction of sp³-hybridized carbons (Fsp3) is 0.300. The zero-order valence-electron chi connectivity index (χ0n) is 13.9. The molecule has 2 aromatic rings. The number of rotatable bonds is 3. The van der Waals surface area contributed by atoms with Gasteiger partial charge in [-0.3, -0.25) is 0 Å². The molecule has 3 rings (SSSR count). The summed E-state index contributed by atoms with van der Waals surface area (Å²) in [7, 11) is 0. The van der Waals surface area contributed by atoms with E-state index in [2.05, 4.69) is 0 Å². The van der Waals surface area contributed by atoms with Crippen molar-refractivity contribution in [2.45, 2.75) is 38.0 Å². The Morgan fingerprint density at radius 1 is 0.808 bits per heavy atom. The lowest BCUT2D eigenvalue weighted by molar-refractivity contribution is 0.442. The summed E-state index contributed by atoms with van der Waals surface area (Å²) >= 11 is 18.5. The second-order valence-corrected chi connectivity index (χ2v) is 7.38. The first-order valence-corrected chi connectivity index (χ1v) is 9.48. The predicted octanol–water partition coefficient (Wildman–Crippen LogP) is 7.23. The topological polar surface area (TPSA) is 56.8 Å². The smallest absolute Gasteiger partial charge is 0.167 e. The van der Waals surface area contributed by atoms with Crippen molar-refractivity contribution in [1.82, 2.24) is 0 Å². The van der Waals surface area contributed by atoms with Gasteiger partial charge < -0.3 is 4.74 Å². The minimum atomic E-state index is -0.0517. The molecule has 1 saturated carbocycles. The van der Waals surface area contributed by atoms with E-state index in [0.29, 0.717) is 11.7 Å². The molecule has 0 aromatic heterocycles. The second-order valence-electron chi connectivity index (χ2n) is 6.25. The lowest BCUT2D eigenvalue weighted by atomic mass is 9.84. The molecular weight excluding hydrogens is 391 g/mol. The van der Waals surface area contributed by atoms with E-state index in [1.54, 1.807) is 0 Å². The summed E-state index contributed by atoms with van der Waals surface area (Å²) in [5, 5.41) is 18.4. The monoisotopic (exact) mass is 404 g/mol. The van der Waals surface area contributed by atoms with E-state index < -0.39 is 0 Å². The molecule has 0 radical (unpaired) electrons. The minimum Gasteiger partial charge on any atom is -0.454 e. The molecule has 0 unspecified atom stereocenters. The van der Waals surface area contributed by atoms with Crippen LogP contribution < -0.4 is 4.74 Å². The molecule has 0 saturated heterocycles. The predicted molar refractivity (Wildman–Crippen MR) is 103 cm³/mol. The number of nitriles is 2. The molecule has 0 bridgehead atoms. The van der Waals surface area contributed by atoms with Gasteiger partial charge in [-0.25, -0.2) is 0 Å². The van der Waals surface area contributed by atoms with Crippen molar-refractivity contribution in [3.05, 3.63) is 56.0 Å². The van der Waals surface area contributed by atoms with Crippen LogP contribution in [0.1, 0.15) is 54.7 Å². The van der Waals surface area contributed by atoms with Gasteiger partial charge in [0.15, 0.2) is 5.75 Å². The fourth-order valence-electron chi connectivity index (χ4n) is 3.30. The molecule has 1 aliphatic carbocycles. The Labute approximate surface area is 167 Å². The molecular formula is C20H15Cl3N2O. The van der Waals surface area contributed by atoms with Crippen molar-refractivity contribution in [3.63, 3.8) is 0 Å². The van der Waals surface area contributed by atoms with Gasteiger partial charge in [0.2, 0.25) is 0 Å². The number of hydrogen-bond acceptors (Lipinski definition) is 3. The van der Waals surface area contributed by atoms with Gasteiger partial charge in [0, 0.05) is 0 Å². The van der Waals surface area contributed by atoms with E-state index in [0.717, 1.165) is 0 Å². The van der Waals surface area contributed by atoms with Crippen LogP contribution in [0.3, 0.4) is 0 Å². The van der Waals surface area contributed by atoms with Gasteiger partial charge in [0.1, 0.15) is 27.9 Å². The van der Waals surface area contributed by atoms with Gasteiger partial charge in [-0.2, -0.15) is 10.5 Å². The Morgan fingerprint density at radius 3 is 1.96 bits per heavy atom. The zero-order chi connectivity index (χ0) is 18.7. The third kappa shape index (κ3) is 3.62. The number of benzene rings is 2. The van der Waals surface area contributed by atoms with Crippen LogP contribution in [0.25, 0.3) is 0 Å². The van der Waals surface area contributed by atoms with Crippen LogP contribution in [0.15, 0.2) is 24.3 Å². The summed E-state index contributed by atoms with van der Waals surface area (Å²) in [5.41, 5.74) is 1.20. The van der Waals surface area contributed by atoms with E-state index in [-0.39, 0.29) is 31.9 Å². The molecule has 0 aliphatic heterocycles. The number of nitrogens with zero attached hydrogens (tertiary/aromatic N) is 2. The summed E-state index contributed by atoms with van der Waals surface area (Å²) in [4.78, 5) is 0. The molecule has 6 heteroatoms. The van der Waals surface area contributed by atoms with Crippen LogP contribution in [0.2, 0.25) is 15.1 Å². The van der Waals surface area contributed by atoms with E-state index in [1.807, 2.05) is 36.4 Å². The average molecular weight is 406 g/mol. The summed E-state index contributed by atoms with van der Waals surface area (Å²) in [6.45, 7) is 0. The Hall–Kier alpha value is -1.91. The maximum Gasteiger partial charge on any atom is 0.167 e. The van der Waals surface area contributed by atoms with Gasteiger partial charge in [0.05, 0.1) is 16.1 Å². The highest BCUT2D eigenvalue weighted by atomic mass is 35.5. The molecule has 1 aliphatic rings. The van der Waals surface area contributed by atoms with E-state index in [9.17, 15) is 10.5 Å². The van der Waals surface area contributed by atoms with Crippen molar-refractivity contribution in [1.29, 1.82) is 10.5 Å². The molecule has 26 heavy (non-hydrogen) atoms. The fourth-order valence-corrected chi connectivity index (χ4v) is 4.07. The van der Waals surface area contributed by atoms with Crippen LogP contribution in [0.4, 0.5) is 0 Å². The van der Waals surface area contributed by atoms with Gasteiger partial charge in [-0.05, 0) is 36.5 Å². The summed E-state index contributed by atoms with van der Waals surface area (Å²) in [6.07, 6.45) is 6.29. The highest BCUT2D eigenvalue weighted by Gasteiger charge is 2.23. The molecule has 0 heterocycles. The first-order chi connectivity index (χ1) is 12.6. The Balaban J connectivity index is 1.91. The van der Waals surface area contributed by atoms with Crippen molar-refractivity contribution in [2.24, 2.45) is 0 Å². The molecule has 3 nitrogen and oxygen atoms in total. The first-order valence-electron chi connectivity index (χ1n) is 8.35. The summed E-state index contributed by atoms with van der Waals surface area (Å²) in [5.74, 6) is 1.22. The highest BCUT2D eigenvalue weighted by Crippen LogP contribution is 2.45. The lowest BCUT2D eigenvalue weighted by Gasteiger charge is -2.22. The summed E-state index contributed by atoms with van der Waals surface area (Å²) < 4.78 is 5.80. The van der Waals surface area contributed by atoms with Crippen LogP contribution in [0.5, 0.6) is 11.5 Å². The Kier molecular flexibility index (Phi) is 5.94. The van der Waals surface area contributed by atoms with Crippen molar-refractivity contribution in [3.8, 4) is 23.6 Å². The highest BCUT2D eigenvalue weighted by molar-refractivity contribution is 6.46. The maximum atomic E-state index is 9.27. The molecule has 0 spiro atoms. The number of halogens is 3. The third-order valence-electron chi connectivity index (χ3n) is 4.68. The van der Waals surface area contributed by atoms with Crippen LogP contribution in [-0.4, -0.2) is 0 Å². The Bertz CT molecular complexity index is 905. The second kappa shape index (κ2) is 8.19. The van der Waals surface area contributed by atoms with Crippen LogP contribution in [-0.2, 0) is 0 Å². The van der Waals surface area contributed by atoms with Crippen LogP contribution in [0, 0.1) is 22.7 Å². The van der Waals surface area contributed by atoms with E-state index in [1.165, 1.54) is 37.7 Å². The van der Waals surface area contributed by atoms with Crippen molar-refractivity contribution in [2.75, 3.05) is 0 Å². The third-order valence-corrected chi connectivity index (χ3v) is 5.88. The standard InChI is InChI=1S/C20H15Cl3N2O/c21-17-15(10-24)16(11-25)18(22)20(19(17)23)26-14-8-6-13(7-9-14)12-4-2-1-3-5-12/h6-9,12H,1-5H2. The molecule has 0 N–H and O–H groups in total. The number of hydrogen-bond donors (Lipinski definition) is 0. The molecule has 1 fully saturated rings. The van der Waals surface area contributed by atoms with E-state index >= 15 is 0 Å². The van der Waals surface area contributed by atoms with Gasteiger partial charge >= 0.3 is 0 Å². The minimum absolute atomic E-state index is 0.0172. The molecule has 132 valence electrons. The van der Waals surface area contributed by atoms with Crippen LogP contribution >= 0.6 is 34.8 Å². The van der Waals surface area contributed by atoms with Gasteiger partial charge in [-0.15, -0.1) is 0 Å². The largest absolute Gasteiger partial charge is 0.454 e. The Morgan fingerprint density at radius 2 is 1.38 bits per heavy atom. The molecule has 2 aromatic carbocycles. The molecule has 0 amide bonds. The first kappa shape index (κ1) is 18.9. The number of ether oxygens (including phenoxy) is 1. The summed E-state index contributed by atoms with van der Waals surface area (Å²) in [6, 6.07) is 11.5. The van der Waals surface area contributed by atoms with Gasteiger partial charge in [-0.1, -0.05) is 66.2 Å².